The predicted octanol–water partition coefficient (Wildman–Crippen LogP) is 3.56. The van der Waals surface area contributed by atoms with E-state index in [9.17, 15) is 0 Å². The summed E-state index contributed by atoms with van der Waals surface area (Å²) >= 11 is 0. The predicted molar refractivity (Wildman–Crippen MR) is 81.4 cm³/mol. The smallest absolute Gasteiger partial charge is 0.0195 e. The first-order chi connectivity index (χ1) is 9.42. The van der Waals surface area contributed by atoms with Crippen molar-refractivity contribution in [3.05, 3.63) is 0 Å². The first kappa shape index (κ1) is 13.9. The Morgan fingerprint density at radius 2 is 1.47 bits per heavy atom. The van der Waals surface area contributed by atoms with Gasteiger partial charge in [0.15, 0.2) is 0 Å². The standard InChI is InChI=1S/C17H32N2/c1-2-4-8-15(7-3-1)13-19(17-10-11-17)14-16-9-5-6-12-18-16/h15-18H,1-14H2. The molecule has 2 nitrogen and oxygen atoms in total. The molecule has 0 spiro atoms. The van der Waals surface area contributed by atoms with Gasteiger partial charge in [-0.05, 0) is 51.0 Å². The Kier molecular flexibility index (Phi) is 5.17. The first-order valence-corrected chi connectivity index (χ1v) is 8.89. The van der Waals surface area contributed by atoms with Crippen LogP contribution in [-0.4, -0.2) is 36.6 Å². The van der Waals surface area contributed by atoms with Crippen molar-refractivity contribution in [2.45, 2.75) is 82.7 Å². The summed E-state index contributed by atoms with van der Waals surface area (Å²) in [5.41, 5.74) is 0. The molecular formula is C17H32N2. The second-order valence-electron chi connectivity index (χ2n) is 7.19. The molecule has 2 heteroatoms. The van der Waals surface area contributed by atoms with Gasteiger partial charge in [0.2, 0.25) is 0 Å². The van der Waals surface area contributed by atoms with Crippen molar-refractivity contribution < 1.29 is 0 Å². The Morgan fingerprint density at radius 3 is 2.11 bits per heavy atom. The summed E-state index contributed by atoms with van der Waals surface area (Å²) in [5, 5.41) is 3.74. The molecule has 1 aliphatic heterocycles. The van der Waals surface area contributed by atoms with Crippen LogP contribution >= 0.6 is 0 Å². The highest BCUT2D eigenvalue weighted by Crippen LogP contribution is 2.31. The third-order valence-electron chi connectivity index (χ3n) is 5.40. The lowest BCUT2D eigenvalue weighted by Gasteiger charge is -2.33. The summed E-state index contributed by atoms with van der Waals surface area (Å²) in [6, 6.07) is 1.74. The zero-order valence-corrected chi connectivity index (χ0v) is 12.6. The fourth-order valence-electron chi connectivity index (χ4n) is 4.05. The number of rotatable bonds is 5. The van der Waals surface area contributed by atoms with Crippen LogP contribution in [0.5, 0.6) is 0 Å². The van der Waals surface area contributed by atoms with Gasteiger partial charge < -0.3 is 5.32 Å². The van der Waals surface area contributed by atoms with Gasteiger partial charge in [-0.2, -0.15) is 0 Å². The Morgan fingerprint density at radius 1 is 0.737 bits per heavy atom. The maximum atomic E-state index is 3.74. The maximum absolute atomic E-state index is 3.74. The highest BCUT2D eigenvalue weighted by molar-refractivity contribution is 4.89. The molecule has 110 valence electrons. The molecule has 19 heavy (non-hydrogen) atoms. The fourth-order valence-corrected chi connectivity index (χ4v) is 4.05. The van der Waals surface area contributed by atoms with E-state index in [-0.39, 0.29) is 0 Å². The average Bonchev–Trinajstić information content (AvgIpc) is 3.27. The third-order valence-corrected chi connectivity index (χ3v) is 5.40. The number of nitrogens with one attached hydrogen (secondary N) is 1. The summed E-state index contributed by atoms with van der Waals surface area (Å²) < 4.78 is 0. The van der Waals surface area contributed by atoms with Crippen molar-refractivity contribution in [3.63, 3.8) is 0 Å². The lowest BCUT2D eigenvalue weighted by molar-refractivity contribution is 0.179. The molecule has 2 aliphatic carbocycles. The Labute approximate surface area is 119 Å². The molecule has 0 radical (unpaired) electrons. The van der Waals surface area contributed by atoms with Crippen LogP contribution in [0.3, 0.4) is 0 Å². The van der Waals surface area contributed by atoms with Gasteiger partial charge >= 0.3 is 0 Å². The highest BCUT2D eigenvalue weighted by atomic mass is 15.2. The minimum atomic E-state index is 0.792. The number of nitrogens with zero attached hydrogens (tertiary/aromatic N) is 1. The van der Waals surface area contributed by atoms with Crippen molar-refractivity contribution in [3.8, 4) is 0 Å². The second-order valence-corrected chi connectivity index (χ2v) is 7.19. The molecule has 0 aromatic carbocycles. The summed E-state index contributed by atoms with van der Waals surface area (Å²) in [5.74, 6) is 1.01. The molecule has 1 saturated heterocycles. The van der Waals surface area contributed by atoms with Crippen LogP contribution in [-0.2, 0) is 0 Å². The lowest BCUT2D eigenvalue weighted by atomic mass is 9.98. The molecule has 2 saturated carbocycles. The summed E-state index contributed by atoms with van der Waals surface area (Å²) in [6.45, 7) is 4.00. The quantitative estimate of drug-likeness (QED) is 0.764. The molecule has 3 rings (SSSR count). The SMILES string of the molecule is C1CCCC(CN(CC2CCCCN2)C2CC2)CC1. The lowest BCUT2D eigenvalue weighted by Crippen LogP contribution is -2.45. The fraction of sp³-hybridized carbons (Fsp3) is 1.00. The molecule has 3 fully saturated rings. The van der Waals surface area contributed by atoms with Gasteiger partial charge in [-0.15, -0.1) is 0 Å². The minimum absolute atomic E-state index is 0.792. The first-order valence-electron chi connectivity index (χ1n) is 8.89. The third kappa shape index (κ3) is 4.46. The Hall–Kier alpha value is -0.0800. The molecular weight excluding hydrogens is 232 g/mol. The summed E-state index contributed by atoms with van der Waals surface area (Å²) in [7, 11) is 0. The monoisotopic (exact) mass is 264 g/mol. The van der Waals surface area contributed by atoms with Crippen molar-refractivity contribution in [1.82, 2.24) is 10.2 Å². The van der Waals surface area contributed by atoms with E-state index < -0.39 is 0 Å². The second kappa shape index (κ2) is 7.08. The summed E-state index contributed by atoms with van der Waals surface area (Å²) in [6.07, 6.45) is 16.2. The molecule has 1 unspecified atom stereocenters. The van der Waals surface area contributed by atoms with Crippen molar-refractivity contribution in [2.75, 3.05) is 19.6 Å². The number of hydrogen-bond donors (Lipinski definition) is 1. The van der Waals surface area contributed by atoms with Gasteiger partial charge in [-0.25, -0.2) is 0 Å². The van der Waals surface area contributed by atoms with Gasteiger partial charge in [-0.1, -0.05) is 32.1 Å². The molecule has 1 N–H and O–H groups in total. The van der Waals surface area contributed by atoms with Crippen LogP contribution in [0.25, 0.3) is 0 Å². The van der Waals surface area contributed by atoms with E-state index in [1.807, 2.05) is 0 Å². The minimum Gasteiger partial charge on any atom is -0.313 e. The molecule has 1 atom stereocenters. The summed E-state index contributed by atoms with van der Waals surface area (Å²) in [4.78, 5) is 2.86. The molecule has 0 aromatic rings. The zero-order chi connectivity index (χ0) is 12.9. The maximum Gasteiger partial charge on any atom is 0.0195 e. The van der Waals surface area contributed by atoms with Gasteiger partial charge in [0, 0.05) is 25.2 Å². The van der Waals surface area contributed by atoms with E-state index in [1.54, 1.807) is 0 Å². The zero-order valence-electron chi connectivity index (χ0n) is 12.6. The average molecular weight is 264 g/mol. The van der Waals surface area contributed by atoms with Crippen molar-refractivity contribution >= 4 is 0 Å². The Balaban J connectivity index is 1.48. The van der Waals surface area contributed by atoms with E-state index >= 15 is 0 Å². The number of piperidine rings is 1. The van der Waals surface area contributed by atoms with E-state index in [4.69, 9.17) is 0 Å². The van der Waals surface area contributed by atoms with Crippen molar-refractivity contribution in [2.24, 2.45) is 5.92 Å². The van der Waals surface area contributed by atoms with E-state index in [0.717, 1.165) is 18.0 Å². The van der Waals surface area contributed by atoms with Crippen LogP contribution in [0.4, 0.5) is 0 Å². The van der Waals surface area contributed by atoms with Gasteiger partial charge in [0.25, 0.3) is 0 Å². The topological polar surface area (TPSA) is 15.3 Å². The van der Waals surface area contributed by atoms with Crippen LogP contribution in [0.2, 0.25) is 0 Å². The van der Waals surface area contributed by atoms with Crippen LogP contribution in [0, 0.1) is 5.92 Å². The van der Waals surface area contributed by atoms with Gasteiger partial charge in [0.1, 0.15) is 0 Å². The molecule has 3 aliphatic rings. The normalized spacial score (nSPS) is 30.5. The van der Waals surface area contributed by atoms with Crippen LogP contribution < -0.4 is 5.32 Å². The largest absolute Gasteiger partial charge is 0.313 e. The van der Waals surface area contributed by atoms with E-state index in [2.05, 4.69) is 10.2 Å². The Bertz CT molecular complexity index is 248. The van der Waals surface area contributed by atoms with E-state index in [0.29, 0.717) is 0 Å². The van der Waals surface area contributed by atoms with Gasteiger partial charge in [-0.3, -0.25) is 4.90 Å². The van der Waals surface area contributed by atoms with E-state index in [1.165, 1.54) is 90.3 Å². The molecule has 0 amide bonds. The molecule has 1 heterocycles. The van der Waals surface area contributed by atoms with Crippen molar-refractivity contribution in [1.29, 1.82) is 0 Å². The van der Waals surface area contributed by atoms with Crippen LogP contribution in [0.15, 0.2) is 0 Å². The highest BCUT2D eigenvalue weighted by Gasteiger charge is 2.32. The van der Waals surface area contributed by atoms with Crippen LogP contribution in [0.1, 0.15) is 70.6 Å². The molecule has 0 bridgehead atoms. The number of hydrogen-bond acceptors (Lipinski definition) is 2. The molecule has 0 aromatic heterocycles. The van der Waals surface area contributed by atoms with Gasteiger partial charge in [0.05, 0.1) is 0 Å².